The molecule has 0 aliphatic rings. The van der Waals surface area contributed by atoms with E-state index < -0.39 is 0 Å². The second-order valence-electron chi connectivity index (χ2n) is 4.55. The van der Waals surface area contributed by atoms with Gasteiger partial charge in [0.1, 0.15) is 0 Å². The fourth-order valence-electron chi connectivity index (χ4n) is 1.69. The van der Waals surface area contributed by atoms with Crippen LogP contribution >= 0.6 is 12.2 Å². The minimum absolute atomic E-state index is 0.0330. The Morgan fingerprint density at radius 3 is 2.12 bits per heavy atom. The standard InChI is InChI=1S/C12H24N2OS/c1-5-9(6-2)7-14-12(15)10(8(3)4)11(13)16/h8-10H,5-7H2,1-4H3,(H2,13,16)(H,14,15). The van der Waals surface area contributed by atoms with Crippen molar-refractivity contribution in [1.29, 1.82) is 0 Å². The van der Waals surface area contributed by atoms with Crippen molar-refractivity contribution in [3.05, 3.63) is 0 Å². The van der Waals surface area contributed by atoms with Gasteiger partial charge in [-0.25, -0.2) is 0 Å². The smallest absolute Gasteiger partial charge is 0.230 e. The number of rotatable bonds is 7. The van der Waals surface area contributed by atoms with Gasteiger partial charge in [-0.3, -0.25) is 4.79 Å². The van der Waals surface area contributed by atoms with E-state index >= 15 is 0 Å². The maximum Gasteiger partial charge on any atom is 0.230 e. The van der Waals surface area contributed by atoms with Gasteiger partial charge in [-0.1, -0.05) is 52.8 Å². The quantitative estimate of drug-likeness (QED) is 0.674. The van der Waals surface area contributed by atoms with Crippen molar-refractivity contribution >= 4 is 23.1 Å². The summed E-state index contributed by atoms with van der Waals surface area (Å²) in [5, 5.41) is 2.94. The molecule has 16 heavy (non-hydrogen) atoms. The first-order valence-corrected chi connectivity index (χ1v) is 6.41. The number of carbonyl (C=O) groups excluding carboxylic acids is 1. The molecule has 0 bridgehead atoms. The first kappa shape index (κ1) is 15.4. The molecule has 0 heterocycles. The van der Waals surface area contributed by atoms with E-state index in [0.29, 0.717) is 5.92 Å². The number of nitrogens with two attached hydrogens (primary N) is 1. The predicted molar refractivity (Wildman–Crippen MR) is 72.2 cm³/mol. The van der Waals surface area contributed by atoms with Gasteiger partial charge >= 0.3 is 0 Å². The van der Waals surface area contributed by atoms with Crippen molar-refractivity contribution in [2.45, 2.75) is 40.5 Å². The summed E-state index contributed by atoms with van der Waals surface area (Å²) in [6.07, 6.45) is 2.16. The fourth-order valence-corrected chi connectivity index (χ4v) is 2.07. The fraction of sp³-hybridized carbons (Fsp3) is 0.833. The Kier molecular flexibility index (Phi) is 7.30. The average molecular weight is 244 g/mol. The van der Waals surface area contributed by atoms with Crippen LogP contribution in [0.5, 0.6) is 0 Å². The van der Waals surface area contributed by atoms with Gasteiger partial charge < -0.3 is 11.1 Å². The van der Waals surface area contributed by atoms with Crippen LogP contribution in [-0.4, -0.2) is 17.4 Å². The molecule has 1 unspecified atom stereocenters. The van der Waals surface area contributed by atoms with Gasteiger partial charge in [0, 0.05) is 6.54 Å². The van der Waals surface area contributed by atoms with E-state index in [4.69, 9.17) is 18.0 Å². The average Bonchev–Trinajstić information content (AvgIpc) is 2.18. The van der Waals surface area contributed by atoms with E-state index in [9.17, 15) is 4.79 Å². The zero-order valence-electron chi connectivity index (χ0n) is 10.7. The molecule has 0 fully saturated rings. The Bertz CT molecular complexity index is 237. The minimum atomic E-state index is -0.343. The van der Waals surface area contributed by atoms with Crippen LogP contribution in [0.15, 0.2) is 0 Å². The summed E-state index contributed by atoms with van der Waals surface area (Å²) in [4.78, 5) is 12.2. The molecule has 3 nitrogen and oxygen atoms in total. The summed E-state index contributed by atoms with van der Waals surface area (Å²) in [5.41, 5.74) is 5.58. The zero-order chi connectivity index (χ0) is 12.7. The second kappa shape index (κ2) is 7.60. The van der Waals surface area contributed by atoms with Crippen LogP contribution in [0.2, 0.25) is 0 Å². The van der Waals surface area contributed by atoms with Crippen molar-refractivity contribution in [3.63, 3.8) is 0 Å². The van der Waals surface area contributed by atoms with Crippen molar-refractivity contribution in [2.24, 2.45) is 23.5 Å². The van der Waals surface area contributed by atoms with Crippen LogP contribution < -0.4 is 11.1 Å². The maximum atomic E-state index is 11.9. The van der Waals surface area contributed by atoms with E-state index in [1.54, 1.807) is 0 Å². The molecule has 0 aliphatic carbocycles. The molecule has 0 aromatic rings. The van der Waals surface area contributed by atoms with Crippen molar-refractivity contribution in [2.75, 3.05) is 6.54 Å². The van der Waals surface area contributed by atoms with Crippen molar-refractivity contribution in [1.82, 2.24) is 5.32 Å². The van der Waals surface area contributed by atoms with Crippen LogP contribution in [0.3, 0.4) is 0 Å². The molecular formula is C12H24N2OS. The lowest BCUT2D eigenvalue weighted by Crippen LogP contribution is -2.42. The molecule has 1 amide bonds. The monoisotopic (exact) mass is 244 g/mol. The Hall–Kier alpha value is -0.640. The SMILES string of the molecule is CCC(CC)CNC(=O)C(C(N)=S)C(C)C. The Morgan fingerprint density at radius 2 is 1.81 bits per heavy atom. The maximum absolute atomic E-state index is 11.9. The number of amides is 1. The molecule has 1 atom stereocenters. The summed E-state index contributed by atoms with van der Waals surface area (Å²) >= 11 is 4.92. The van der Waals surface area contributed by atoms with Gasteiger partial charge in [-0.15, -0.1) is 0 Å². The molecule has 0 saturated heterocycles. The summed E-state index contributed by atoms with van der Waals surface area (Å²) in [5.74, 6) is 0.320. The lowest BCUT2D eigenvalue weighted by Gasteiger charge is -2.20. The van der Waals surface area contributed by atoms with Gasteiger partial charge in [0.05, 0.1) is 10.9 Å². The first-order valence-electron chi connectivity index (χ1n) is 6.00. The number of hydrogen-bond acceptors (Lipinski definition) is 2. The van der Waals surface area contributed by atoms with Gasteiger partial charge in [0.2, 0.25) is 5.91 Å². The molecular weight excluding hydrogens is 220 g/mol. The normalized spacial score (nSPS) is 12.9. The minimum Gasteiger partial charge on any atom is -0.393 e. The van der Waals surface area contributed by atoms with E-state index in [1.807, 2.05) is 13.8 Å². The van der Waals surface area contributed by atoms with Crippen molar-refractivity contribution in [3.8, 4) is 0 Å². The van der Waals surface area contributed by atoms with Gasteiger partial charge in [0.25, 0.3) is 0 Å². The molecule has 3 N–H and O–H groups in total. The number of hydrogen-bond donors (Lipinski definition) is 2. The summed E-state index contributed by atoms with van der Waals surface area (Å²) in [6.45, 7) is 8.90. The molecule has 0 spiro atoms. The summed E-state index contributed by atoms with van der Waals surface area (Å²) in [7, 11) is 0. The number of carbonyl (C=O) groups is 1. The lowest BCUT2D eigenvalue weighted by atomic mass is 9.94. The zero-order valence-corrected chi connectivity index (χ0v) is 11.6. The number of thiocarbonyl (C=S) groups is 1. The Morgan fingerprint density at radius 1 is 1.31 bits per heavy atom. The van der Waals surface area contributed by atoms with Crippen LogP contribution in [0, 0.1) is 17.8 Å². The second-order valence-corrected chi connectivity index (χ2v) is 5.02. The third-order valence-electron chi connectivity index (χ3n) is 2.98. The highest BCUT2D eigenvalue weighted by Gasteiger charge is 2.24. The molecule has 0 saturated carbocycles. The Labute approximate surface area is 104 Å². The van der Waals surface area contributed by atoms with E-state index in [-0.39, 0.29) is 22.7 Å². The van der Waals surface area contributed by atoms with E-state index in [2.05, 4.69) is 19.2 Å². The molecule has 0 aliphatic heterocycles. The van der Waals surface area contributed by atoms with Crippen LogP contribution in [0.4, 0.5) is 0 Å². The molecule has 0 aromatic heterocycles. The lowest BCUT2D eigenvalue weighted by molar-refractivity contribution is -0.124. The highest BCUT2D eigenvalue weighted by molar-refractivity contribution is 7.80. The molecule has 0 rings (SSSR count). The third kappa shape index (κ3) is 4.92. The van der Waals surface area contributed by atoms with E-state index in [1.165, 1.54) is 0 Å². The summed E-state index contributed by atoms with van der Waals surface area (Å²) < 4.78 is 0. The van der Waals surface area contributed by atoms with Crippen molar-refractivity contribution < 1.29 is 4.79 Å². The van der Waals surface area contributed by atoms with Crippen LogP contribution in [0.25, 0.3) is 0 Å². The topological polar surface area (TPSA) is 55.1 Å². The molecule has 0 radical (unpaired) electrons. The molecule has 94 valence electrons. The highest BCUT2D eigenvalue weighted by Crippen LogP contribution is 2.12. The molecule has 4 heteroatoms. The Balaban J connectivity index is 4.27. The summed E-state index contributed by atoms with van der Waals surface area (Å²) in [6, 6.07) is 0. The first-order chi connectivity index (χ1) is 7.43. The van der Waals surface area contributed by atoms with Gasteiger partial charge in [-0.05, 0) is 11.8 Å². The van der Waals surface area contributed by atoms with Crippen LogP contribution in [0.1, 0.15) is 40.5 Å². The predicted octanol–water partition coefficient (Wildman–Crippen LogP) is 2.10. The van der Waals surface area contributed by atoms with Gasteiger partial charge in [0.15, 0.2) is 0 Å². The third-order valence-corrected chi connectivity index (χ3v) is 3.23. The highest BCUT2D eigenvalue weighted by atomic mass is 32.1. The largest absolute Gasteiger partial charge is 0.393 e. The van der Waals surface area contributed by atoms with Gasteiger partial charge in [-0.2, -0.15) is 0 Å². The number of nitrogens with one attached hydrogen (secondary N) is 1. The molecule has 0 aromatic carbocycles. The van der Waals surface area contributed by atoms with E-state index in [0.717, 1.165) is 19.4 Å². The van der Waals surface area contributed by atoms with Crippen LogP contribution in [-0.2, 0) is 4.79 Å².